The zero-order chi connectivity index (χ0) is 15.8. The first kappa shape index (κ1) is 17.0. The van der Waals surface area contributed by atoms with E-state index < -0.39 is 11.0 Å². The molecular weight excluding hydrogens is 288 g/mol. The van der Waals surface area contributed by atoms with E-state index in [1.807, 2.05) is 37.2 Å². The maximum Gasteiger partial charge on any atom is 0.255 e. The quantitative estimate of drug-likeness (QED) is 0.801. The number of benzene rings is 2. The van der Waals surface area contributed by atoms with Gasteiger partial charge in [0.1, 0.15) is 0 Å². The molecule has 0 saturated heterocycles. The lowest BCUT2D eigenvalue weighted by Gasteiger charge is -2.09. The van der Waals surface area contributed by atoms with Crippen LogP contribution in [0.5, 0.6) is 0 Å². The zero-order valence-corrected chi connectivity index (χ0v) is 13.0. The van der Waals surface area contributed by atoms with Crippen LogP contribution in [0.25, 0.3) is 0 Å². The normalized spacial score (nSPS) is 11.0. The summed E-state index contributed by atoms with van der Waals surface area (Å²) >= 11 is 0. The van der Waals surface area contributed by atoms with E-state index in [0.29, 0.717) is 11.4 Å². The fourth-order valence-corrected chi connectivity index (χ4v) is 2.82. The lowest BCUT2D eigenvalue weighted by atomic mass is 10.2. The summed E-state index contributed by atoms with van der Waals surface area (Å²) in [6, 6.07) is 12.6. The number of aliphatic hydroxyl groups excluding tert-OH is 1. The summed E-state index contributed by atoms with van der Waals surface area (Å²) in [4.78, 5) is 11.3. The van der Waals surface area contributed by atoms with E-state index in [2.05, 4.69) is 4.72 Å². The number of anilines is 1. The van der Waals surface area contributed by atoms with Crippen LogP contribution in [0.1, 0.15) is 11.1 Å². The first-order valence-corrected chi connectivity index (χ1v) is 7.44. The van der Waals surface area contributed by atoms with Crippen molar-refractivity contribution in [2.75, 3.05) is 11.8 Å². The SMILES string of the molecule is CO.Cc1ccc(C)c(S(=O)Nc2cccc([NH+]=O)c2)c1. The van der Waals surface area contributed by atoms with E-state index in [0.717, 1.165) is 23.1 Å². The Kier molecular flexibility index (Phi) is 6.71. The Morgan fingerprint density at radius 3 is 2.48 bits per heavy atom. The highest BCUT2D eigenvalue weighted by Gasteiger charge is 2.09. The minimum Gasteiger partial charge on any atom is -0.400 e. The monoisotopic (exact) mass is 307 g/mol. The smallest absolute Gasteiger partial charge is 0.255 e. The van der Waals surface area contributed by atoms with Gasteiger partial charge in [-0.15, -0.1) is 0 Å². The average Bonchev–Trinajstić information content (AvgIpc) is 2.51. The van der Waals surface area contributed by atoms with Gasteiger partial charge in [0.15, 0.2) is 11.0 Å². The fourth-order valence-electron chi connectivity index (χ4n) is 1.72. The molecule has 0 amide bonds. The molecule has 0 heterocycles. The van der Waals surface area contributed by atoms with E-state index in [4.69, 9.17) is 5.11 Å². The fraction of sp³-hybridized carbons (Fsp3) is 0.200. The molecule has 0 aromatic heterocycles. The Labute approximate surface area is 126 Å². The van der Waals surface area contributed by atoms with Gasteiger partial charge in [-0.25, -0.2) is 4.21 Å². The molecule has 0 aliphatic carbocycles. The first-order chi connectivity index (χ1) is 10.1. The summed E-state index contributed by atoms with van der Waals surface area (Å²) < 4.78 is 15.2. The minimum absolute atomic E-state index is 0.433. The second-order valence-electron chi connectivity index (χ2n) is 4.32. The molecule has 1 unspecified atom stereocenters. The van der Waals surface area contributed by atoms with Crippen molar-refractivity contribution in [1.29, 1.82) is 0 Å². The van der Waals surface area contributed by atoms with Crippen LogP contribution in [-0.2, 0) is 11.0 Å². The van der Waals surface area contributed by atoms with E-state index >= 15 is 0 Å². The number of aryl methyl sites for hydroxylation is 2. The Balaban J connectivity index is 0.00000106. The first-order valence-electron chi connectivity index (χ1n) is 6.29. The highest BCUT2D eigenvalue weighted by atomic mass is 32.2. The molecule has 2 aromatic carbocycles. The van der Waals surface area contributed by atoms with Gasteiger partial charge in [0, 0.05) is 29.3 Å². The minimum atomic E-state index is -1.35. The van der Waals surface area contributed by atoms with Crippen molar-refractivity contribution in [2.24, 2.45) is 0 Å². The van der Waals surface area contributed by atoms with Crippen LogP contribution in [-0.4, -0.2) is 16.4 Å². The molecule has 112 valence electrons. The van der Waals surface area contributed by atoms with Crippen molar-refractivity contribution in [3.63, 3.8) is 0 Å². The number of nitrogens with one attached hydrogen (secondary N) is 2. The van der Waals surface area contributed by atoms with Gasteiger partial charge in [0.05, 0.1) is 10.6 Å². The van der Waals surface area contributed by atoms with Crippen molar-refractivity contribution in [1.82, 2.24) is 0 Å². The van der Waals surface area contributed by atoms with Crippen LogP contribution in [0, 0.1) is 18.8 Å². The number of nitroso groups, excluding NO2 is 1. The molecule has 2 rings (SSSR count). The van der Waals surface area contributed by atoms with Gasteiger partial charge < -0.3 is 9.83 Å². The lowest BCUT2D eigenvalue weighted by molar-refractivity contribution is -0.379. The molecule has 3 N–H and O–H groups in total. The van der Waals surface area contributed by atoms with Crippen molar-refractivity contribution >= 4 is 22.4 Å². The van der Waals surface area contributed by atoms with Crippen molar-refractivity contribution in [2.45, 2.75) is 18.7 Å². The van der Waals surface area contributed by atoms with Gasteiger partial charge in [-0.1, -0.05) is 18.2 Å². The summed E-state index contributed by atoms with van der Waals surface area (Å²) in [5, 5.41) is 8.81. The lowest BCUT2D eigenvalue weighted by Crippen LogP contribution is -2.55. The van der Waals surface area contributed by atoms with Crippen molar-refractivity contribution in [3.05, 3.63) is 58.5 Å². The van der Waals surface area contributed by atoms with Gasteiger partial charge in [-0.2, -0.15) is 0 Å². The van der Waals surface area contributed by atoms with Gasteiger partial charge in [-0.3, -0.25) is 0 Å². The molecule has 0 aliphatic heterocycles. The topological polar surface area (TPSA) is 80.4 Å². The Hall–Kier alpha value is -2.05. The highest BCUT2D eigenvalue weighted by Crippen LogP contribution is 2.18. The summed E-state index contributed by atoms with van der Waals surface area (Å²) in [6.45, 7) is 3.88. The second-order valence-corrected chi connectivity index (χ2v) is 5.50. The number of rotatable bonds is 4. The maximum absolute atomic E-state index is 12.3. The van der Waals surface area contributed by atoms with Crippen LogP contribution < -0.4 is 9.90 Å². The largest absolute Gasteiger partial charge is 0.400 e. The molecule has 0 fully saturated rings. The third-order valence-electron chi connectivity index (χ3n) is 2.73. The number of hydrogen-bond donors (Lipinski definition) is 3. The molecule has 0 bridgehead atoms. The van der Waals surface area contributed by atoms with Crippen LogP contribution in [0.2, 0.25) is 0 Å². The Morgan fingerprint density at radius 2 is 1.81 bits per heavy atom. The second kappa shape index (κ2) is 8.28. The number of aliphatic hydroxyl groups is 1. The molecule has 6 heteroatoms. The highest BCUT2D eigenvalue weighted by molar-refractivity contribution is 7.86. The molecule has 0 saturated carbocycles. The Morgan fingerprint density at radius 1 is 1.10 bits per heavy atom. The predicted molar refractivity (Wildman–Crippen MR) is 84.5 cm³/mol. The van der Waals surface area contributed by atoms with Crippen LogP contribution in [0.4, 0.5) is 11.4 Å². The standard InChI is InChI=1S/C14H14N2O2S.CH4O/c1-10-6-7-11(2)14(8-10)19(18)16-13-5-3-4-12(9-13)15-17;1-2/h3-9,16H,1-2H3;2H,1H3/p+1. The molecule has 0 spiro atoms. The molecule has 2 aromatic rings. The van der Waals surface area contributed by atoms with Gasteiger partial charge in [0.25, 0.3) is 5.69 Å². The molecule has 1 atom stereocenters. The van der Waals surface area contributed by atoms with E-state index in [1.54, 1.807) is 24.3 Å². The van der Waals surface area contributed by atoms with Crippen LogP contribution in [0.3, 0.4) is 0 Å². The van der Waals surface area contributed by atoms with E-state index in [-0.39, 0.29) is 0 Å². The maximum atomic E-state index is 12.3. The molecule has 0 radical (unpaired) electrons. The molecular formula is C15H19N2O3S+. The van der Waals surface area contributed by atoms with Gasteiger partial charge in [-0.05, 0) is 37.1 Å². The Bertz CT molecular complexity index is 645. The predicted octanol–water partition coefficient (Wildman–Crippen LogP) is 1.53. The summed E-state index contributed by atoms with van der Waals surface area (Å²) in [5.74, 6) is 0. The van der Waals surface area contributed by atoms with Crippen LogP contribution >= 0.6 is 0 Å². The van der Waals surface area contributed by atoms with Gasteiger partial charge >= 0.3 is 0 Å². The van der Waals surface area contributed by atoms with E-state index in [9.17, 15) is 9.12 Å². The number of hydrogen-bond acceptors (Lipinski definition) is 3. The van der Waals surface area contributed by atoms with Crippen LogP contribution in [0.15, 0.2) is 47.4 Å². The summed E-state index contributed by atoms with van der Waals surface area (Å²) in [6.07, 6.45) is 0. The summed E-state index contributed by atoms with van der Waals surface area (Å²) in [5.41, 5.74) is 3.10. The molecule has 0 aliphatic rings. The summed E-state index contributed by atoms with van der Waals surface area (Å²) in [7, 11) is -0.346. The molecule has 5 nitrogen and oxygen atoms in total. The van der Waals surface area contributed by atoms with Gasteiger partial charge in [0.2, 0.25) is 0 Å². The molecule has 21 heavy (non-hydrogen) atoms. The van der Waals surface area contributed by atoms with Crippen molar-refractivity contribution in [3.8, 4) is 0 Å². The van der Waals surface area contributed by atoms with E-state index in [1.165, 1.54) is 0 Å². The third kappa shape index (κ3) is 4.77. The zero-order valence-electron chi connectivity index (χ0n) is 12.2. The average molecular weight is 307 g/mol. The van der Waals surface area contributed by atoms with Crippen molar-refractivity contribution < 1.29 is 14.5 Å². The third-order valence-corrected chi connectivity index (χ3v) is 3.99.